The Hall–Kier alpha value is -1.35. The average Bonchev–Trinajstić information content (AvgIpc) is 2.30. The SMILES string of the molecule is CC(CCO)N1CCc2ccccc2C1=O. The molecule has 86 valence electrons. The highest BCUT2D eigenvalue weighted by Crippen LogP contribution is 2.21. The summed E-state index contributed by atoms with van der Waals surface area (Å²) in [6.07, 6.45) is 1.56. The van der Waals surface area contributed by atoms with Crippen LogP contribution in [0, 0.1) is 0 Å². The highest BCUT2D eigenvalue weighted by Gasteiger charge is 2.26. The summed E-state index contributed by atoms with van der Waals surface area (Å²) in [6, 6.07) is 7.89. The van der Waals surface area contributed by atoms with E-state index in [0.29, 0.717) is 6.42 Å². The van der Waals surface area contributed by atoms with Gasteiger partial charge in [0.2, 0.25) is 0 Å². The zero-order chi connectivity index (χ0) is 11.5. The first kappa shape index (κ1) is 11.1. The molecule has 0 saturated carbocycles. The molecule has 1 unspecified atom stereocenters. The van der Waals surface area contributed by atoms with E-state index in [1.165, 1.54) is 0 Å². The van der Waals surface area contributed by atoms with Gasteiger partial charge in [0.05, 0.1) is 0 Å². The van der Waals surface area contributed by atoms with E-state index in [1.54, 1.807) is 0 Å². The number of rotatable bonds is 3. The largest absolute Gasteiger partial charge is 0.396 e. The Bertz CT molecular complexity index is 389. The molecule has 0 bridgehead atoms. The van der Waals surface area contributed by atoms with E-state index in [-0.39, 0.29) is 18.6 Å². The summed E-state index contributed by atoms with van der Waals surface area (Å²) < 4.78 is 0. The van der Waals surface area contributed by atoms with Gasteiger partial charge in [0.1, 0.15) is 0 Å². The predicted octanol–water partition coefficient (Wildman–Crippen LogP) is 1.46. The van der Waals surface area contributed by atoms with Gasteiger partial charge < -0.3 is 10.0 Å². The normalized spacial score (nSPS) is 17.1. The summed E-state index contributed by atoms with van der Waals surface area (Å²) in [5, 5.41) is 8.91. The summed E-state index contributed by atoms with van der Waals surface area (Å²) in [4.78, 5) is 14.0. The maximum absolute atomic E-state index is 12.2. The molecule has 1 atom stereocenters. The molecule has 1 aromatic rings. The lowest BCUT2D eigenvalue weighted by Crippen LogP contribution is -2.43. The fourth-order valence-corrected chi connectivity index (χ4v) is 2.21. The van der Waals surface area contributed by atoms with Crippen molar-refractivity contribution < 1.29 is 9.90 Å². The molecule has 1 aliphatic heterocycles. The summed E-state index contributed by atoms with van der Waals surface area (Å²) in [5.41, 5.74) is 1.96. The summed E-state index contributed by atoms with van der Waals surface area (Å²) in [5.74, 6) is 0.0998. The van der Waals surface area contributed by atoms with E-state index < -0.39 is 0 Å². The second-order valence-electron chi connectivity index (χ2n) is 4.27. The van der Waals surface area contributed by atoms with Crippen LogP contribution in [0.1, 0.15) is 29.3 Å². The molecular weight excluding hydrogens is 202 g/mol. The van der Waals surface area contributed by atoms with Crippen LogP contribution >= 0.6 is 0 Å². The quantitative estimate of drug-likeness (QED) is 0.836. The van der Waals surface area contributed by atoms with Crippen LogP contribution in [0.2, 0.25) is 0 Å². The van der Waals surface area contributed by atoms with Gasteiger partial charge in [0.25, 0.3) is 5.91 Å². The Labute approximate surface area is 95.7 Å². The number of benzene rings is 1. The van der Waals surface area contributed by atoms with E-state index in [1.807, 2.05) is 36.1 Å². The van der Waals surface area contributed by atoms with Crippen molar-refractivity contribution in [2.24, 2.45) is 0 Å². The first-order valence-corrected chi connectivity index (χ1v) is 5.73. The van der Waals surface area contributed by atoms with Gasteiger partial charge in [-0.3, -0.25) is 4.79 Å². The van der Waals surface area contributed by atoms with Crippen molar-refractivity contribution in [1.82, 2.24) is 4.90 Å². The number of hydrogen-bond acceptors (Lipinski definition) is 2. The number of fused-ring (bicyclic) bond motifs is 1. The number of aliphatic hydroxyl groups is 1. The number of carbonyl (C=O) groups is 1. The van der Waals surface area contributed by atoms with Crippen molar-refractivity contribution in [2.45, 2.75) is 25.8 Å². The van der Waals surface area contributed by atoms with Crippen LogP contribution < -0.4 is 0 Å². The minimum absolute atomic E-state index is 0.0998. The maximum Gasteiger partial charge on any atom is 0.254 e. The Kier molecular flexibility index (Phi) is 3.25. The number of aliphatic hydroxyl groups excluding tert-OH is 1. The minimum Gasteiger partial charge on any atom is -0.396 e. The van der Waals surface area contributed by atoms with Crippen molar-refractivity contribution >= 4 is 5.91 Å². The number of nitrogens with zero attached hydrogens (tertiary/aromatic N) is 1. The fourth-order valence-electron chi connectivity index (χ4n) is 2.21. The smallest absolute Gasteiger partial charge is 0.254 e. The molecule has 1 aliphatic rings. The van der Waals surface area contributed by atoms with Crippen LogP contribution in [0.5, 0.6) is 0 Å². The zero-order valence-corrected chi connectivity index (χ0v) is 9.52. The molecule has 1 N–H and O–H groups in total. The first-order chi connectivity index (χ1) is 7.74. The summed E-state index contributed by atoms with van der Waals surface area (Å²) in [6.45, 7) is 2.88. The zero-order valence-electron chi connectivity index (χ0n) is 9.52. The lowest BCUT2D eigenvalue weighted by molar-refractivity contribution is 0.0648. The van der Waals surface area contributed by atoms with Crippen molar-refractivity contribution in [2.75, 3.05) is 13.2 Å². The summed E-state index contributed by atoms with van der Waals surface area (Å²) >= 11 is 0. The first-order valence-electron chi connectivity index (χ1n) is 5.73. The van der Waals surface area contributed by atoms with Crippen molar-refractivity contribution in [3.05, 3.63) is 35.4 Å². The molecule has 1 heterocycles. The third-order valence-electron chi connectivity index (χ3n) is 3.21. The maximum atomic E-state index is 12.2. The third-order valence-corrected chi connectivity index (χ3v) is 3.21. The lowest BCUT2D eigenvalue weighted by atomic mass is 9.97. The number of hydrogen-bond donors (Lipinski definition) is 1. The highest BCUT2D eigenvalue weighted by atomic mass is 16.3. The molecule has 0 spiro atoms. The summed E-state index contributed by atoms with van der Waals surface area (Å²) in [7, 11) is 0. The molecule has 0 aromatic heterocycles. The van der Waals surface area contributed by atoms with Gasteiger partial charge >= 0.3 is 0 Å². The van der Waals surface area contributed by atoms with Crippen LogP contribution in [0.25, 0.3) is 0 Å². The van der Waals surface area contributed by atoms with Crippen molar-refractivity contribution in [1.29, 1.82) is 0 Å². The fraction of sp³-hybridized carbons (Fsp3) is 0.462. The third kappa shape index (κ3) is 1.95. The molecule has 0 radical (unpaired) electrons. The molecule has 1 amide bonds. The van der Waals surface area contributed by atoms with E-state index in [9.17, 15) is 4.79 Å². The monoisotopic (exact) mass is 219 g/mol. The van der Waals surface area contributed by atoms with E-state index in [2.05, 4.69) is 0 Å². The van der Waals surface area contributed by atoms with Gasteiger partial charge in [-0.2, -0.15) is 0 Å². The molecule has 3 nitrogen and oxygen atoms in total. The Morgan fingerprint density at radius 1 is 1.44 bits per heavy atom. The van der Waals surface area contributed by atoms with Gasteiger partial charge in [-0.25, -0.2) is 0 Å². The van der Waals surface area contributed by atoms with Crippen molar-refractivity contribution in [3.63, 3.8) is 0 Å². The molecule has 16 heavy (non-hydrogen) atoms. The topological polar surface area (TPSA) is 40.5 Å². The Balaban J connectivity index is 2.21. The highest BCUT2D eigenvalue weighted by molar-refractivity contribution is 5.96. The van der Waals surface area contributed by atoms with Gasteiger partial charge in [-0.15, -0.1) is 0 Å². The standard InChI is InChI=1S/C13H17NO2/c1-10(7-9-15)14-8-6-11-4-2-3-5-12(11)13(14)16/h2-5,10,15H,6-9H2,1H3. The van der Waals surface area contributed by atoms with Gasteiger partial charge in [0, 0.05) is 24.8 Å². The van der Waals surface area contributed by atoms with E-state index in [4.69, 9.17) is 5.11 Å². The van der Waals surface area contributed by atoms with Gasteiger partial charge in [-0.1, -0.05) is 18.2 Å². The molecule has 0 fully saturated rings. The molecule has 3 heteroatoms. The molecule has 2 rings (SSSR count). The van der Waals surface area contributed by atoms with E-state index in [0.717, 1.165) is 24.1 Å². The number of amides is 1. The Morgan fingerprint density at radius 2 is 2.19 bits per heavy atom. The van der Waals surface area contributed by atoms with E-state index >= 15 is 0 Å². The van der Waals surface area contributed by atoms with Gasteiger partial charge in [0.15, 0.2) is 0 Å². The van der Waals surface area contributed by atoms with Crippen LogP contribution in [0.3, 0.4) is 0 Å². The molecule has 0 aliphatic carbocycles. The minimum atomic E-state index is 0.0998. The van der Waals surface area contributed by atoms with Crippen LogP contribution in [-0.2, 0) is 6.42 Å². The van der Waals surface area contributed by atoms with Crippen LogP contribution in [0.4, 0.5) is 0 Å². The van der Waals surface area contributed by atoms with Gasteiger partial charge in [-0.05, 0) is 31.4 Å². The Morgan fingerprint density at radius 3 is 2.94 bits per heavy atom. The number of carbonyl (C=O) groups excluding carboxylic acids is 1. The second kappa shape index (κ2) is 4.66. The molecular formula is C13H17NO2. The lowest BCUT2D eigenvalue weighted by Gasteiger charge is -2.33. The van der Waals surface area contributed by atoms with Crippen molar-refractivity contribution in [3.8, 4) is 0 Å². The second-order valence-corrected chi connectivity index (χ2v) is 4.27. The van der Waals surface area contributed by atoms with Crippen LogP contribution in [-0.4, -0.2) is 35.1 Å². The van der Waals surface area contributed by atoms with Crippen LogP contribution in [0.15, 0.2) is 24.3 Å². The predicted molar refractivity (Wildman–Crippen MR) is 62.3 cm³/mol. The molecule has 1 aromatic carbocycles. The average molecular weight is 219 g/mol. The molecule has 0 saturated heterocycles.